The third-order valence-electron chi connectivity index (χ3n) is 6.06. The lowest BCUT2D eigenvalue weighted by atomic mass is 9.95. The summed E-state index contributed by atoms with van der Waals surface area (Å²) in [5, 5.41) is 2.67. The summed E-state index contributed by atoms with van der Waals surface area (Å²) in [6.07, 6.45) is 1.33. The molecule has 2 aliphatic heterocycles. The number of rotatable bonds is 6. The standard InChI is InChI=1S/C22H32N4O5/c1-24-10-12-26(13-11-24)22(29)16-6-8-25(9-7-16)20(27)15-23-21(28)17-4-5-18(30-2)19(14-17)31-3/h4-5,14,16H,6-13,15H2,1-3H3,(H,23,28). The first-order valence-electron chi connectivity index (χ1n) is 10.7. The van der Waals surface area contributed by atoms with Gasteiger partial charge in [-0.25, -0.2) is 0 Å². The molecule has 3 rings (SSSR count). The summed E-state index contributed by atoms with van der Waals surface area (Å²) in [6.45, 7) is 4.35. The summed E-state index contributed by atoms with van der Waals surface area (Å²) < 4.78 is 10.4. The number of nitrogens with one attached hydrogen (secondary N) is 1. The van der Waals surface area contributed by atoms with Crippen molar-refractivity contribution in [1.82, 2.24) is 20.0 Å². The second-order valence-corrected chi connectivity index (χ2v) is 8.04. The summed E-state index contributed by atoms with van der Waals surface area (Å²) in [5.74, 6) is 0.683. The van der Waals surface area contributed by atoms with Crippen LogP contribution in [0.15, 0.2) is 18.2 Å². The zero-order valence-corrected chi connectivity index (χ0v) is 18.6. The van der Waals surface area contributed by atoms with Gasteiger partial charge < -0.3 is 29.5 Å². The lowest BCUT2D eigenvalue weighted by molar-refractivity contribution is -0.141. The molecule has 2 aliphatic rings. The van der Waals surface area contributed by atoms with E-state index in [9.17, 15) is 14.4 Å². The Morgan fingerprint density at radius 1 is 0.935 bits per heavy atom. The molecular formula is C22H32N4O5. The average molecular weight is 433 g/mol. The molecule has 1 aromatic rings. The number of carbonyl (C=O) groups excluding carboxylic acids is 3. The van der Waals surface area contributed by atoms with Crippen LogP contribution in [0, 0.1) is 5.92 Å². The van der Waals surface area contributed by atoms with E-state index in [0.29, 0.717) is 43.0 Å². The average Bonchev–Trinajstić information content (AvgIpc) is 2.81. The molecule has 0 spiro atoms. The quantitative estimate of drug-likeness (QED) is 0.702. The van der Waals surface area contributed by atoms with Gasteiger partial charge in [0, 0.05) is 50.7 Å². The van der Waals surface area contributed by atoms with Crippen LogP contribution in [-0.4, -0.2) is 99.5 Å². The third kappa shape index (κ3) is 5.66. The number of carbonyl (C=O) groups is 3. The summed E-state index contributed by atoms with van der Waals surface area (Å²) >= 11 is 0. The van der Waals surface area contributed by atoms with Gasteiger partial charge in [-0.2, -0.15) is 0 Å². The van der Waals surface area contributed by atoms with Crippen molar-refractivity contribution >= 4 is 17.7 Å². The van der Waals surface area contributed by atoms with Gasteiger partial charge in [-0.05, 0) is 38.1 Å². The summed E-state index contributed by atoms with van der Waals surface area (Å²) in [5.41, 5.74) is 0.391. The number of nitrogens with zero attached hydrogens (tertiary/aromatic N) is 3. The van der Waals surface area contributed by atoms with Gasteiger partial charge in [-0.1, -0.05) is 0 Å². The number of likely N-dealkylation sites (tertiary alicyclic amines) is 1. The van der Waals surface area contributed by atoms with E-state index < -0.39 is 0 Å². The lowest BCUT2D eigenvalue weighted by Gasteiger charge is -2.37. The van der Waals surface area contributed by atoms with Crippen LogP contribution in [0.1, 0.15) is 23.2 Å². The molecule has 9 heteroatoms. The van der Waals surface area contributed by atoms with Crippen LogP contribution in [-0.2, 0) is 9.59 Å². The molecule has 9 nitrogen and oxygen atoms in total. The largest absolute Gasteiger partial charge is 0.493 e. The molecule has 2 fully saturated rings. The van der Waals surface area contributed by atoms with Crippen LogP contribution in [0.5, 0.6) is 11.5 Å². The van der Waals surface area contributed by atoms with E-state index in [1.807, 2.05) is 4.90 Å². The van der Waals surface area contributed by atoms with Crippen LogP contribution in [0.25, 0.3) is 0 Å². The Hall–Kier alpha value is -2.81. The Kier molecular flexibility index (Phi) is 7.73. The Balaban J connectivity index is 1.45. The Labute approximate surface area is 183 Å². The fourth-order valence-corrected chi connectivity index (χ4v) is 4.01. The van der Waals surface area contributed by atoms with Crippen molar-refractivity contribution in [1.29, 1.82) is 0 Å². The smallest absolute Gasteiger partial charge is 0.251 e. The second kappa shape index (κ2) is 10.5. The Morgan fingerprint density at radius 3 is 2.19 bits per heavy atom. The van der Waals surface area contributed by atoms with Gasteiger partial charge in [0.1, 0.15) is 0 Å². The minimum Gasteiger partial charge on any atom is -0.493 e. The van der Waals surface area contributed by atoms with E-state index in [4.69, 9.17) is 9.47 Å². The molecule has 2 saturated heterocycles. The van der Waals surface area contributed by atoms with Crippen molar-refractivity contribution < 1.29 is 23.9 Å². The molecule has 0 radical (unpaired) electrons. The van der Waals surface area contributed by atoms with E-state index >= 15 is 0 Å². The predicted octanol–water partition coefficient (Wildman–Crippen LogP) is 0.446. The summed E-state index contributed by atoms with van der Waals surface area (Å²) in [7, 11) is 5.09. The molecule has 2 heterocycles. The SMILES string of the molecule is COc1ccc(C(=O)NCC(=O)N2CCC(C(=O)N3CCN(C)CC3)CC2)cc1OC. The van der Waals surface area contributed by atoms with Crippen LogP contribution >= 0.6 is 0 Å². The molecule has 1 N–H and O–H groups in total. The maximum absolute atomic E-state index is 12.7. The van der Waals surface area contributed by atoms with Gasteiger partial charge in [-0.15, -0.1) is 0 Å². The van der Waals surface area contributed by atoms with Crippen molar-refractivity contribution in [3.8, 4) is 11.5 Å². The molecule has 1 aromatic carbocycles. The van der Waals surface area contributed by atoms with Gasteiger partial charge >= 0.3 is 0 Å². The fraction of sp³-hybridized carbons (Fsp3) is 0.591. The number of methoxy groups -OCH3 is 2. The normalized spacial score (nSPS) is 17.9. The highest BCUT2D eigenvalue weighted by atomic mass is 16.5. The first-order valence-corrected chi connectivity index (χ1v) is 10.7. The number of ether oxygens (including phenoxy) is 2. The monoisotopic (exact) mass is 432 g/mol. The number of hydrogen-bond donors (Lipinski definition) is 1. The van der Waals surface area contributed by atoms with E-state index in [1.165, 1.54) is 14.2 Å². The molecule has 170 valence electrons. The third-order valence-corrected chi connectivity index (χ3v) is 6.06. The van der Waals surface area contributed by atoms with Gasteiger partial charge in [-0.3, -0.25) is 14.4 Å². The van der Waals surface area contributed by atoms with Gasteiger partial charge in [0.15, 0.2) is 11.5 Å². The lowest BCUT2D eigenvalue weighted by Crippen LogP contribution is -2.51. The summed E-state index contributed by atoms with van der Waals surface area (Å²) in [6, 6.07) is 4.85. The maximum Gasteiger partial charge on any atom is 0.251 e. The molecule has 0 bridgehead atoms. The van der Waals surface area contributed by atoms with Crippen molar-refractivity contribution in [2.45, 2.75) is 12.8 Å². The number of benzene rings is 1. The molecule has 0 atom stereocenters. The molecule has 3 amide bonds. The van der Waals surface area contributed by atoms with Crippen LogP contribution < -0.4 is 14.8 Å². The van der Waals surface area contributed by atoms with Crippen molar-refractivity contribution in [2.24, 2.45) is 5.92 Å². The highest BCUT2D eigenvalue weighted by Crippen LogP contribution is 2.27. The number of likely N-dealkylation sites (N-methyl/N-ethyl adjacent to an activating group) is 1. The molecule has 0 saturated carbocycles. The van der Waals surface area contributed by atoms with Crippen molar-refractivity contribution in [3.63, 3.8) is 0 Å². The van der Waals surface area contributed by atoms with E-state index in [2.05, 4.69) is 17.3 Å². The Morgan fingerprint density at radius 2 is 1.58 bits per heavy atom. The highest BCUT2D eigenvalue weighted by Gasteiger charge is 2.31. The molecule has 0 aromatic heterocycles. The highest BCUT2D eigenvalue weighted by molar-refractivity contribution is 5.97. The molecular weight excluding hydrogens is 400 g/mol. The maximum atomic E-state index is 12.7. The minimum atomic E-state index is -0.352. The molecule has 0 aliphatic carbocycles. The van der Waals surface area contributed by atoms with Gasteiger partial charge in [0.25, 0.3) is 5.91 Å². The van der Waals surface area contributed by atoms with Gasteiger partial charge in [0.2, 0.25) is 11.8 Å². The van der Waals surface area contributed by atoms with Gasteiger partial charge in [0.05, 0.1) is 20.8 Å². The number of piperidine rings is 1. The Bertz CT molecular complexity index is 799. The van der Waals surface area contributed by atoms with E-state index in [-0.39, 0.29) is 30.2 Å². The first-order chi connectivity index (χ1) is 14.9. The molecule has 31 heavy (non-hydrogen) atoms. The van der Waals surface area contributed by atoms with Crippen LogP contribution in [0.4, 0.5) is 0 Å². The predicted molar refractivity (Wildman–Crippen MR) is 115 cm³/mol. The first kappa shape index (κ1) is 22.9. The zero-order valence-electron chi connectivity index (χ0n) is 18.6. The fourth-order valence-electron chi connectivity index (χ4n) is 4.01. The van der Waals surface area contributed by atoms with Crippen molar-refractivity contribution in [2.75, 3.05) is 67.1 Å². The van der Waals surface area contributed by atoms with Crippen LogP contribution in [0.3, 0.4) is 0 Å². The molecule has 0 unspecified atom stereocenters. The van der Waals surface area contributed by atoms with Crippen molar-refractivity contribution in [3.05, 3.63) is 23.8 Å². The van der Waals surface area contributed by atoms with E-state index in [1.54, 1.807) is 23.1 Å². The number of piperazine rings is 1. The zero-order chi connectivity index (χ0) is 22.4. The van der Waals surface area contributed by atoms with E-state index in [0.717, 1.165) is 26.2 Å². The number of amides is 3. The topological polar surface area (TPSA) is 91.4 Å². The minimum absolute atomic E-state index is 0.0196. The summed E-state index contributed by atoms with van der Waals surface area (Å²) in [4.78, 5) is 43.6. The number of hydrogen-bond acceptors (Lipinski definition) is 6. The van der Waals surface area contributed by atoms with Crippen LogP contribution in [0.2, 0.25) is 0 Å². The second-order valence-electron chi connectivity index (χ2n) is 8.04.